The monoisotopic (exact) mass is 219 g/mol. The number of nitrogens with one attached hydrogen (secondary N) is 1. The number of aromatic nitrogens is 2. The molecule has 0 atom stereocenters. The number of benzene rings is 1. The molecule has 0 saturated heterocycles. The Hall–Kier alpha value is -2.01. The molecule has 1 aromatic heterocycles. The maximum absolute atomic E-state index is 13.0. The van der Waals surface area contributed by atoms with Gasteiger partial charge in [0.25, 0.3) is 5.56 Å². The van der Waals surface area contributed by atoms with Crippen LogP contribution in [0, 0.1) is 5.82 Å². The van der Waals surface area contributed by atoms with Crippen molar-refractivity contribution in [1.29, 1.82) is 0 Å². The van der Waals surface area contributed by atoms with Crippen LogP contribution in [-0.4, -0.2) is 9.97 Å². The Kier molecular flexibility index (Phi) is 2.78. The third-order valence-corrected chi connectivity index (χ3v) is 2.10. The van der Waals surface area contributed by atoms with E-state index < -0.39 is 0 Å². The number of hydrogen-bond acceptors (Lipinski definition) is 3. The fourth-order valence-electron chi connectivity index (χ4n) is 1.39. The number of nitrogens with two attached hydrogens (primary N) is 1. The number of halogens is 1. The second kappa shape index (κ2) is 4.24. The zero-order chi connectivity index (χ0) is 11.5. The van der Waals surface area contributed by atoms with E-state index in [1.807, 2.05) is 0 Å². The van der Waals surface area contributed by atoms with Crippen LogP contribution in [0.5, 0.6) is 0 Å². The molecule has 0 amide bonds. The van der Waals surface area contributed by atoms with Crippen LogP contribution in [0.3, 0.4) is 0 Å². The average Bonchev–Trinajstić information content (AvgIpc) is 2.28. The largest absolute Gasteiger partial charge is 0.325 e. The molecular weight excluding hydrogens is 209 g/mol. The third-order valence-electron chi connectivity index (χ3n) is 2.10. The molecule has 0 bridgehead atoms. The smallest absolute Gasteiger partial charge is 0.251 e. The highest BCUT2D eigenvalue weighted by atomic mass is 19.1. The van der Waals surface area contributed by atoms with Crippen molar-refractivity contribution in [2.75, 3.05) is 0 Å². The lowest BCUT2D eigenvalue weighted by Gasteiger charge is -2.02. The number of hydrogen-bond donors (Lipinski definition) is 2. The zero-order valence-corrected chi connectivity index (χ0v) is 8.40. The number of H-pyrrole nitrogens is 1. The van der Waals surface area contributed by atoms with Crippen molar-refractivity contribution in [1.82, 2.24) is 9.97 Å². The van der Waals surface area contributed by atoms with Gasteiger partial charge in [0.05, 0.1) is 5.69 Å². The van der Waals surface area contributed by atoms with E-state index in [0.29, 0.717) is 17.1 Å². The summed E-state index contributed by atoms with van der Waals surface area (Å²) >= 11 is 0. The lowest BCUT2D eigenvalue weighted by atomic mass is 10.2. The van der Waals surface area contributed by atoms with Crippen molar-refractivity contribution in [3.05, 3.63) is 52.2 Å². The van der Waals surface area contributed by atoms with Gasteiger partial charge in [0.15, 0.2) is 0 Å². The van der Waals surface area contributed by atoms with Gasteiger partial charge in [0, 0.05) is 18.2 Å². The SMILES string of the molecule is NCc1cc(=O)[nH]c(-c2cccc(F)c2)n1. The van der Waals surface area contributed by atoms with Crippen LogP contribution in [0.25, 0.3) is 11.4 Å². The average molecular weight is 219 g/mol. The first-order valence-electron chi connectivity index (χ1n) is 4.75. The Morgan fingerprint density at radius 1 is 1.38 bits per heavy atom. The van der Waals surface area contributed by atoms with Crippen LogP contribution < -0.4 is 11.3 Å². The molecule has 16 heavy (non-hydrogen) atoms. The summed E-state index contributed by atoms with van der Waals surface area (Å²) < 4.78 is 13.0. The van der Waals surface area contributed by atoms with E-state index in [0.717, 1.165) is 0 Å². The van der Waals surface area contributed by atoms with Crippen LogP contribution in [0.2, 0.25) is 0 Å². The van der Waals surface area contributed by atoms with Crippen LogP contribution in [0.15, 0.2) is 35.1 Å². The lowest BCUT2D eigenvalue weighted by Crippen LogP contribution is -2.12. The standard InChI is InChI=1S/C11H10FN3O/c12-8-3-1-2-7(4-8)11-14-9(6-13)5-10(16)15-11/h1-5H,6,13H2,(H,14,15,16). The molecule has 5 heteroatoms. The molecule has 2 aromatic rings. The molecule has 0 aliphatic rings. The van der Waals surface area contributed by atoms with Gasteiger partial charge >= 0.3 is 0 Å². The Morgan fingerprint density at radius 3 is 2.88 bits per heavy atom. The first kappa shape index (κ1) is 10.5. The minimum Gasteiger partial charge on any atom is -0.325 e. The summed E-state index contributed by atoms with van der Waals surface area (Å²) in [6.45, 7) is 0.173. The molecule has 0 saturated carbocycles. The fraction of sp³-hybridized carbons (Fsp3) is 0.0909. The zero-order valence-electron chi connectivity index (χ0n) is 8.40. The molecule has 0 radical (unpaired) electrons. The van der Waals surface area contributed by atoms with Crippen LogP contribution in [-0.2, 0) is 6.54 Å². The van der Waals surface area contributed by atoms with Gasteiger partial charge < -0.3 is 10.7 Å². The lowest BCUT2D eigenvalue weighted by molar-refractivity contribution is 0.628. The predicted octanol–water partition coefficient (Wildman–Crippen LogP) is 1.03. The van der Waals surface area contributed by atoms with E-state index >= 15 is 0 Å². The maximum atomic E-state index is 13.0. The van der Waals surface area contributed by atoms with Crippen LogP contribution >= 0.6 is 0 Å². The summed E-state index contributed by atoms with van der Waals surface area (Å²) in [5, 5.41) is 0. The van der Waals surface area contributed by atoms with E-state index in [1.165, 1.54) is 18.2 Å². The van der Waals surface area contributed by atoms with Crippen molar-refractivity contribution in [3.8, 4) is 11.4 Å². The molecule has 3 N–H and O–H groups in total. The van der Waals surface area contributed by atoms with E-state index in [9.17, 15) is 9.18 Å². The van der Waals surface area contributed by atoms with Crippen molar-refractivity contribution in [2.24, 2.45) is 5.73 Å². The van der Waals surface area contributed by atoms with E-state index in [-0.39, 0.29) is 17.9 Å². The van der Waals surface area contributed by atoms with Gasteiger partial charge in [-0.15, -0.1) is 0 Å². The molecule has 2 rings (SSSR count). The topological polar surface area (TPSA) is 71.8 Å². The quantitative estimate of drug-likeness (QED) is 0.792. The van der Waals surface area contributed by atoms with E-state index in [4.69, 9.17) is 5.73 Å². The van der Waals surface area contributed by atoms with Gasteiger partial charge in [-0.3, -0.25) is 4.79 Å². The van der Waals surface area contributed by atoms with Gasteiger partial charge in [-0.2, -0.15) is 0 Å². The molecule has 0 unspecified atom stereocenters. The number of aromatic amines is 1. The van der Waals surface area contributed by atoms with E-state index in [1.54, 1.807) is 12.1 Å². The summed E-state index contributed by atoms with van der Waals surface area (Å²) in [6, 6.07) is 7.18. The summed E-state index contributed by atoms with van der Waals surface area (Å²) in [5.41, 5.74) is 6.11. The molecule has 0 fully saturated rings. The minimum absolute atomic E-state index is 0.173. The molecule has 1 aromatic carbocycles. The van der Waals surface area contributed by atoms with Gasteiger partial charge in [0.2, 0.25) is 0 Å². The molecule has 4 nitrogen and oxygen atoms in total. The third kappa shape index (κ3) is 2.14. The summed E-state index contributed by atoms with van der Waals surface area (Å²) in [6.07, 6.45) is 0. The highest BCUT2D eigenvalue weighted by Gasteiger charge is 2.03. The van der Waals surface area contributed by atoms with E-state index in [2.05, 4.69) is 9.97 Å². The number of rotatable bonds is 2. The van der Waals surface area contributed by atoms with Crippen molar-refractivity contribution in [3.63, 3.8) is 0 Å². The van der Waals surface area contributed by atoms with Crippen LogP contribution in [0.4, 0.5) is 4.39 Å². The first-order chi connectivity index (χ1) is 7.69. The van der Waals surface area contributed by atoms with Crippen molar-refractivity contribution >= 4 is 0 Å². The minimum atomic E-state index is -0.377. The molecule has 0 spiro atoms. The van der Waals surface area contributed by atoms with Crippen LogP contribution in [0.1, 0.15) is 5.69 Å². The summed E-state index contributed by atoms with van der Waals surface area (Å²) in [5.74, 6) is -0.0502. The maximum Gasteiger partial charge on any atom is 0.251 e. The molecule has 1 heterocycles. The summed E-state index contributed by atoms with van der Waals surface area (Å²) in [7, 11) is 0. The Labute approximate surface area is 91.0 Å². The van der Waals surface area contributed by atoms with Crippen molar-refractivity contribution < 1.29 is 4.39 Å². The first-order valence-corrected chi connectivity index (χ1v) is 4.75. The Balaban J connectivity index is 2.55. The van der Waals surface area contributed by atoms with Gasteiger partial charge in [0.1, 0.15) is 11.6 Å². The molecular formula is C11H10FN3O. The molecule has 0 aliphatic carbocycles. The van der Waals surface area contributed by atoms with Crippen molar-refractivity contribution in [2.45, 2.75) is 6.54 Å². The summed E-state index contributed by atoms with van der Waals surface area (Å²) in [4.78, 5) is 17.9. The number of nitrogens with zero attached hydrogens (tertiary/aromatic N) is 1. The fourth-order valence-corrected chi connectivity index (χ4v) is 1.39. The molecule has 82 valence electrons. The highest BCUT2D eigenvalue weighted by Crippen LogP contribution is 2.14. The van der Waals surface area contributed by atoms with Gasteiger partial charge in [-0.05, 0) is 12.1 Å². The molecule has 0 aliphatic heterocycles. The highest BCUT2D eigenvalue weighted by molar-refractivity contribution is 5.54. The Morgan fingerprint density at radius 2 is 2.19 bits per heavy atom. The second-order valence-corrected chi connectivity index (χ2v) is 3.30. The Bertz CT molecular complexity index is 565. The normalized spacial score (nSPS) is 10.4. The van der Waals surface area contributed by atoms with Gasteiger partial charge in [-0.1, -0.05) is 12.1 Å². The second-order valence-electron chi connectivity index (χ2n) is 3.30. The predicted molar refractivity (Wildman–Crippen MR) is 58.1 cm³/mol. The van der Waals surface area contributed by atoms with Gasteiger partial charge in [-0.25, -0.2) is 9.37 Å².